The highest BCUT2D eigenvalue weighted by Gasteiger charge is 2.04. The molecule has 0 aromatic carbocycles. The fraction of sp³-hybridized carbons (Fsp3) is 0.125. The third-order valence-electron chi connectivity index (χ3n) is 1.47. The molecule has 0 aliphatic rings. The van der Waals surface area contributed by atoms with E-state index in [1.165, 1.54) is 0 Å². The Bertz CT molecular complexity index is 427. The quantitative estimate of drug-likeness (QED) is 0.787. The zero-order valence-corrected chi connectivity index (χ0v) is 9.26. The molecular weight excluding hydrogens is 250 g/mol. The second-order valence-electron chi connectivity index (χ2n) is 2.49. The second kappa shape index (κ2) is 3.51. The first-order chi connectivity index (χ1) is 6.25. The third kappa shape index (κ3) is 1.92. The maximum absolute atomic E-state index is 4.20. The molecule has 0 unspecified atom stereocenters. The largest absolute Gasteiger partial charge is 0.254 e. The molecule has 3 nitrogen and oxygen atoms in total. The summed E-state index contributed by atoms with van der Waals surface area (Å²) in [6, 6.07) is 3.82. The number of hydrogen-bond acceptors (Lipinski definition) is 4. The molecule has 0 atom stereocenters. The normalized spacial score (nSPS) is 10.3. The fourth-order valence-corrected chi connectivity index (χ4v) is 1.92. The van der Waals surface area contributed by atoms with Gasteiger partial charge in [-0.15, -0.1) is 10.2 Å². The molecule has 0 amide bonds. The van der Waals surface area contributed by atoms with Gasteiger partial charge in [-0.3, -0.25) is 4.98 Å². The molecule has 0 aliphatic carbocycles. The molecule has 5 heteroatoms. The van der Waals surface area contributed by atoms with Crippen LogP contribution >= 0.6 is 27.3 Å². The summed E-state index contributed by atoms with van der Waals surface area (Å²) in [6.45, 7) is 1.93. The molecule has 2 aromatic heterocycles. The number of halogens is 1. The Hall–Kier alpha value is -0.810. The Kier molecular flexibility index (Phi) is 2.37. The lowest BCUT2D eigenvalue weighted by molar-refractivity contribution is 1.05. The van der Waals surface area contributed by atoms with E-state index in [4.69, 9.17) is 0 Å². The lowest BCUT2D eigenvalue weighted by Crippen LogP contribution is -1.81. The molecular formula is C8H6BrN3S. The van der Waals surface area contributed by atoms with Gasteiger partial charge in [0.1, 0.15) is 10.7 Å². The van der Waals surface area contributed by atoms with Crippen LogP contribution < -0.4 is 0 Å². The van der Waals surface area contributed by atoms with E-state index in [1.807, 2.05) is 19.1 Å². The lowest BCUT2D eigenvalue weighted by Gasteiger charge is -1.93. The molecule has 13 heavy (non-hydrogen) atoms. The lowest BCUT2D eigenvalue weighted by atomic mass is 10.4. The Balaban J connectivity index is 2.46. The fourth-order valence-electron chi connectivity index (χ4n) is 0.922. The first kappa shape index (κ1) is 8.77. The van der Waals surface area contributed by atoms with E-state index in [0.717, 1.165) is 20.2 Å². The highest BCUT2D eigenvalue weighted by Crippen LogP contribution is 2.23. The van der Waals surface area contributed by atoms with Gasteiger partial charge in [-0.1, -0.05) is 27.3 Å². The summed E-state index contributed by atoms with van der Waals surface area (Å²) >= 11 is 4.93. The van der Waals surface area contributed by atoms with Gasteiger partial charge in [0.2, 0.25) is 0 Å². The topological polar surface area (TPSA) is 38.7 Å². The minimum Gasteiger partial charge on any atom is -0.254 e. The first-order valence-corrected chi connectivity index (χ1v) is 5.29. The molecule has 2 heterocycles. The average molecular weight is 256 g/mol. The SMILES string of the molecule is Cc1nnc(-c2cc(Br)ccn2)s1. The Labute approximate surface area is 88.0 Å². The first-order valence-electron chi connectivity index (χ1n) is 3.68. The van der Waals surface area contributed by atoms with Crippen LogP contribution in [0.15, 0.2) is 22.8 Å². The number of pyridine rings is 1. The van der Waals surface area contributed by atoms with Crippen LogP contribution in [0.5, 0.6) is 0 Å². The summed E-state index contributed by atoms with van der Waals surface area (Å²) in [5, 5.41) is 9.76. The molecule has 2 rings (SSSR count). The van der Waals surface area contributed by atoms with Crippen molar-refractivity contribution < 1.29 is 0 Å². The summed E-state index contributed by atoms with van der Waals surface area (Å²) in [6.07, 6.45) is 1.75. The number of rotatable bonds is 1. The van der Waals surface area contributed by atoms with Crippen molar-refractivity contribution in [2.24, 2.45) is 0 Å². The second-order valence-corrected chi connectivity index (χ2v) is 4.58. The van der Waals surface area contributed by atoms with Gasteiger partial charge in [0.25, 0.3) is 0 Å². The highest BCUT2D eigenvalue weighted by molar-refractivity contribution is 9.10. The highest BCUT2D eigenvalue weighted by atomic mass is 79.9. The standard InChI is InChI=1S/C8H6BrN3S/c1-5-11-12-8(13-5)7-4-6(9)2-3-10-7/h2-4H,1H3. The summed E-state index contributed by atoms with van der Waals surface area (Å²) in [4.78, 5) is 4.20. The molecule has 66 valence electrons. The molecule has 0 radical (unpaired) electrons. The summed E-state index contributed by atoms with van der Waals surface area (Å²) in [7, 11) is 0. The van der Waals surface area contributed by atoms with E-state index in [0.29, 0.717) is 0 Å². The maximum Gasteiger partial charge on any atom is 0.166 e. The molecule has 0 bridgehead atoms. The number of hydrogen-bond donors (Lipinski definition) is 0. The van der Waals surface area contributed by atoms with Crippen LogP contribution in [0, 0.1) is 6.92 Å². The van der Waals surface area contributed by atoms with Gasteiger partial charge in [-0.05, 0) is 19.1 Å². The van der Waals surface area contributed by atoms with Crippen molar-refractivity contribution in [2.75, 3.05) is 0 Å². The van der Waals surface area contributed by atoms with Gasteiger partial charge in [0, 0.05) is 10.7 Å². The van der Waals surface area contributed by atoms with Gasteiger partial charge in [0.15, 0.2) is 5.01 Å². The molecule has 0 fully saturated rings. The van der Waals surface area contributed by atoms with Crippen LogP contribution in [0.3, 0.4) is 0 Å². The number of nitrogens with zero attached hydrogens (tertiary/aromatic N) is 3. The van der Waals surface area contributed by atoms with Crippen molar-refractivity contribution in [3.05, 3.63) is 27.8 Å². The van der Waals surface area contributed by atoms with E-state index in [1.54, 1.807) is 17.5 Å². The van der Waals surface area contributed by atoms with Crippen molar-refractivity contribution in [3.8, 4) is 10.7 Å². The van der Waals surface area contributed by atoms with Crippen LogP contribution in [-0.4, -0.2) is 15.2 Å². The van der Waals surface area contributed by atoms with Crippen molar-refractivity contribution in [2.45, 2.75) is 6.92 Å². The zero-order chi connectivity index (χ0) is 9.26. The van der Waals surface area contributed by atoms with E-state index < -0.39 is 0 Å². The van der Waals surface area contributed by atoms with Gasteiger partial charge >= 0.3 is 0 Å². The van der Waals surface area contributed by atoms with Crippen LogP contribution in [0.1, 0.15) is 5.01 Å². The average Bonchev–Trinajstić information content (AvgIpc) is 2.52. The number of aromatic nitrogens is 3. The molecule has 0 aliphatic heterocycles. The van der Waals surface area contributed by atoms with Crippen LogP contribution in [0.4, 0.5) is 0 Å². The van der Waals surface area contributed by atoms with E-state index in [9.17, 15) is 0 Å². The summed E-state index contributed by atoms with van der Waals surface area (Å²) < 4.78 is 1.00. The van der Waals surface area contributed by atoms with Gasteiger partial charge in [0.05, 0.1) is 0 Å². The van der Waals surface area contributed by atoms with Gasteiger partial charge in [-0.2, -0.15) is 0 Å². The number of aryl methyl sites for hydroxylation is 1. The smallest absolute Gasteiger partial charge is 0.166 e. The van der Waals surface area contributed by atoms with E-state index in [-0.39, 0.29) is 0 Å². The monoisotopic (exact) mass is 255 g/mol. The zero-order valence-electron chi connectivity index (χ0n) is 6.86. The van der Waals surface area contributed by atoms with E-state index in [2.05, 4.69) is 31.1 Å². The Morgan fingerprint density at radius 2 is 2.23 bits per heavy atom. The summed E-state index contributed by atoms with van der Waals surface area (Å²) in [5.41, 5.74) is 0.861. The Morgan fingerprint density at radius 3 is 2.85 bits per heavy atom. The van der Waals surface area contributed by atoms with Gasteiger partial charge in [-0.25, -0.2) is 0 Å². The predicted octanol–water partition coefficient (Wildman–Crippen LogP) is 2.67. The molecule has 0 saturated heterocycles. The predicted molar refractivity (Wildman–Crippen MR) is 55.6 cm³/mol. The van der Waals surface area contributed by atoms with Crippen LogP contribution in [0.25, 0.3) is 10.7 Å². The van der Waals surface area contributed by atoms with E-state index >= 15 is 0 Å². The Morgan fingerprint density at radius 1 is 1.38 bits per heavy atom. The maximum atomic E-state index is 4.20. The van der Waals surface area contributed by atoms with Crippen molar-refractivity contribution in [1.29, 1.82) is 0 Å². The molecule has 0 spiro atoms. The molecule has 0 saturated carbocycles. The molecule has 2 aromatic rings. The minimum absolute atomic E-state index is 0.860. The van der Waals surface area contributed by atoms with Crippen molar-refractivity contribution in [1.82, 2.24) is 15.2 Å². The van der Waals surface area contributed by atoms with Crippen molar-refractivity contribution >= 4 is 27.3 Å². The van der Waals surface area contributed by atoms with Crippen LogP contribution in [0.2, 0.25) is 0 Å². The van der Waals surface area contributed by atoms with Gasteiger partial charge < -0.3 is 0 Å². The minimum atomic E-state index is 0.860. The van der Waals surface area contributed by atoms with Crippen LogP contribution in [-0.2, 0) is 0 Å². The summed E-state index contributed by atoms with van der Waals surface area (Å²) in [5.74, 6) is 0. The van der Waals surface area contributed by atoms with Crippen molar-refractivity contribution in [3.63, 3.8) is 0 Å². The third-order valence-corrected chi connectivity index (χ3v) is 2.82. The molecule has 0 N–H and O–H groups in total.